The SMILES string of the molecule is CCCCCCCCCCCC(CN)C(CC)CCCCC. The Morgan fingerprint density at radius 2 is 0.955 bits per heavy atom. The summed E-state index contributed by atoms with van der Waals surface area (Å²) in [5, 5.41) is 0. The lowest BCUT2D eigenvalue weighted by molar-refractivity contribution is 0.277. The van der Waals surface area contributed by atoms with Crippen LogP contribution in [-0.4, -0.2) is 6.54 Å². The summed E-state index contributed by atoms with van der Waals surface area (Å²) in [7, 11) is 0. The van der Waals surface area contributed by atoms with Crippen LogP contribution in [0.1, 0.15) is 117 Å². The van der Waals surface area contributed by atoms with Gasteiger partial charge in [-0.2, -0.15) is 0 Å². The quantitative estimate of drug-likeness (QED) is 0.285. The van der Waals surface area contributed by atoms with Crippen LogP contribution < -0.4 is 5.73 Å². The first kappa shape index (κ1) is 22.0. The van der Waals surface area contributed by atoms with Crippen molar-refractivity contribution in [2.24, 2.45) is 17.6 Å². The summed E-state index contributed by atoms with van der Waals surface area (Å²) in [4.78, 5) is 0. The molecule has 134 valence electrons. The summed E-state index contributed by atoms with van der Waals surface area (Å²) >= 11 is 0. The molecule has 0 aliphatic carbocycles. The molecule has 0 aromatic rings. The van der Waals surface area contributed by atoms with Crippen molar-refractivity contribution in [1.29, 1.82) is 0 Å². The van der Waals surface area contributed by atoms with Crippen LogP contribution in [0, 0.1) is 11.8 Å². The van der Waals surface area contributed by atoms with Gasteiger partial charge >= 0.3 is 0 Å². The highest BCUT2D eigenvalue weighted by Crippen LogP contribution is 2.26. The van der Waals surface area contributed by atoms with Crippen LogP contribution in [-0.2, 0) is 0 Å². The highest BCUT2D eigenvalue weighted by Gasteiger charge is 2.17. The average molecular weight is 312 g/mol. The minimum Gasteiger partial charge on any atom is -0.330 e. The van der Waals surface area contributed by atoms with Gasteiger partial charge in [0.15, 0.2) is 0 Å². The van der Waals surface area contributed by atoms with Crippen molar-refractivity contribution >= 4 is 0 Å². The molecule has 1 nitrogen and oxygen atoms in total. The predicted molar refractivity (Wildman–Crippen MR) is 102 cm³/mol. The highest BCUT2D eigenvalue weighted by molar-refractivity contribution is 4.70. The minimum atomic E-state index is 0.784. The molecule has 0 aromatic carbocycles. The van der Waals surface area contributed by atoms with Crippen LogP contribution in [0.5, 0.6) is 0 Å². The van der Waals surface area contributed by atoms with Crippen LogP contribution in [0.3, 0.4) is 0 Å². The maximum atomic E-state index is 6.06. The van der Waals surface area contributed by atoms with Gasteiger partial charge in [0.05, 0.1) is 0 Å². The molecule has 0 fully saturated rings. The van der Waals surface area contributed by atoms with Gasteiger partial charge in [-0.15, -0.1) is 0 Å². The van der Waals surface area contributed by atoms with Crippen molar-refractivity contribution < 1.29 is 0 Å². The average Bonchev–Trinajstić information content (AvgIpc) is 2.54. The first-order chi connectivity index (χ1) is 10.8. The van der Waals surface area contributed by atoms with Gasteiger partial charge in [0.2, 0.25) is 0 Å². The summed E-state index contributed by atoms with van der Waals surface area (Å²) in [6, 6.07) is 0. The summed E-state index contributed by atoms with van der Waals surface area (Å²) in [5.41, 5.74) is 6.06. The van der Waals surface area contributed by atoms with E-state index < -0.39 is 0 Å². The molecule has 0 saturated carbocycles. The third-order valence-corrected chi connectivity index (χ3v) is 5.35. The molecule has 0 aliphatic rings. The Kier molecular flexibility index (Phi) is 17.3. The first-order valence-electron chi connectivity index (χ1n) is 10.5. The fourth-order valence-electron chi connectivity index (χ4n) is 3.69. The standard InChI is InChI=1S/C21H45N/c1-4-7-9-10-11-12-13-14-16-18-21(19-22)20(6-3)17-15-8-5-2/h20-21H,4-19,22H2,1-3H3. The lowest BCUT2D eigenvalue weighted by Gasteiger charge is -2.25. The van der Waals surface area contributed by atoms with Gasteiger partial charge in [-0.1, -0.05) is 111 Å². The minimum absolute atomic E-state index is 0.784. The number of unbranched alkanes of at least 4 members (excludes halogenated alkanes) is 10. The Balaban J connectivity index is 3.62. The van der Waals surface area contributed by atoms with Gasteiger partial charge < -0.3 is 5.73 Å². The Labute approximate surface area is 141 Å². The maximum Gasteiger partial charge on any atom is -0.00462 e. The van der Waals surface area contributed by atoms with Crippen molar-refractivity contribution in [2.75, 3.05) is 6.54 Å². The fraction of sp³-hybridized carbons (Fsp3) is 1.00. The Morgan fingerprint density at radius 3 is 1.45 bits per heavy atom. The van der Waals surface area contributed by atoms with Crippen molar-refractivity contribution in [3.8, 4) is 0 Å². The second-order valence-electron chi connectivity index (χ2n) is 7.28. The molecule has 0 radical (unpaired) electrons. The van der Waals surface area contributed by atoms with Crippen molar-refractivity contribution in [2.45, 2.75) is 117 Å². The van der Waals surface area contributed by atoms with Crippen LogP contribution in [0.25, 0.3) is 0 Å². The largest absolute Gasteiger partial charge is 0.330 e. The van der Waals surface area contributed by atoms with Gasteiger partial charge in [-0.25, -0.2) is 0 Å². The second kappa shape index (κ2) is 17.3. The molecular weight excluding hydrogens is 266 g/mol. The number of hydrogen-bond acceptors (Lipinski definition) is 1. The summed E-state index contributed by atoms with van der Waals surface area (Å²) < 4.78 is 0. The first-order valence-corrected chi connectivity index (χ1v) is 10.5. The molecule has 0 aromatic heterocycles. The van der Waals surface area contributed by atoms with E-state index in [1.54, 1.807) is 0 Å². The molecule has 0 amide bonds. The van der Waals surface area contributed by atoms with Crippen LogP contribution >= 0.6 is 0 Å². The molecule has 0 spiro atoms. The van der Waals surface area contributed by atoms with E-state index in [1.165, 1.54) is 96.3 Å². The smallest absolute Gasteiger partial charge is 0.00462 e. The zero-order valence-electron chi connectivity index (χ0n) is 16.0. The number of hydrogen-bond donors (Lipinski definition) is 1. The van der Waals surface area contributed by atoms with E-state index >= 15 is 0 Å². The Bertz CT molecular complexity index is 202. The maximum absolute atomic E-state index is 6.06. The molecule has 2 N–H and O–H groups in total. The molecule has 2 atom stereocenters. The van der Waals surface area contributed by atoms with Gasteiger partial charge in [0.25, 0.3) is 0 Å². The molecule has 0 rings (SSSR count). The predicted octanol–water partition coefficient (Wildman–Crippen LogP) is 7.09. The van der Waals surface area contributed by atoms with E-state index in [2.05, 4.69) is 20.8 Å². The van der Waals surface area contributed by atoms with Crippen molar-refractivity contribution in [1.82, 2.24) is 0 Å². The molecule has 1 heteroatoms. The monoisotopic (exact) mass is 311 g/mol. The van der Waals surface area contributed by atoms with E-state index in [-0.39, 0.29) is 0 Å². The molecule has 0 heterocycles. The Morgan fingerprint density at radius 1 is 0.545 bits per heavy atom. The van der Waals surface area contributed by atoms with E-state index in [1.807, 2.05) is 0 Å². The number of nitrogens with two attached hydrogens (primary N) is 1. The Hall–Kier alpha value is -0.0400. The molecule has 22 heavy (non-hydrogen) atoms. The van der Waals surface area contributed by atoms with Crippen molar-refractivity contribution in [3.05, 3.63) is 0 Å². The zero-order valence-corrected chi connectivity index (χ0v) is 16.0. The molecule has 0 saturated heterocycles. The van der Waals surface area contributed by atoms with Gasteiger partial charge in [0.1, 0.15) is 0 Å². The second-order valence-corrected chi connectivity index (χ2v) is 7.28. The lowest BCUT2D eigenvalue weighted by Crippen LogP contribution is -2.23. The summed E-state index contributed by atoms with van der Waals surface area (Å²) in [6.07, 6.45) is 21.1. The van der Waals surface area contributed by atoms with E-state index in [0.29, 0.717) is 0 Å². The third-order valence-electron chi connectivity index (χ3n) is 5.35. The summed E-state index contributed by atoms with van der Waals surface area (Å²) in [5.74, 6) is 1.66. The van der Waals surface area contributed by atoms with Gasteiger partial charge in [-0.3, -0.25) is 0 Å². The molecule has 0 aliphatic heterocycles. The van der Waals surface area contributed by atoms with Crippen LogP contribution in [0.2, 0.25) is 0 Å². The topological polar surface area (TPSA) is 26.0 Å². The lowest BCUT2D eigenvalue weighted by atomic mass is 9.82. The molecule has 0 bridgehead atoms. The molecule has 2 unspecified atom stereocenters. The fourth-order valence-corrected chi connectivity index (χ4v) is 3.69. The van der Waals surface area contributed by atoms with E-state index in [9.17, 15) is 0 Å². The van der Waals surface area contributed by atoms with Crippen LogP contribution in [0.15, 0.2) is 0 Å². The van der Waals surface area contributed by atoms with Crippen LogP contribution in [0.4, 0.5) is 0 Å². The summed E-state index contributed by atoms with van der Waals surface area (Å²) in [6.45, 7) is 7.85. The third kappa shape index (κ3) is 12.5. The zero-order chi connectivity index (χ0) is 16.5. The van der Waals surface area contributed by atoms with Gasteiger partial charge in [0, 0.05) is 0 Å². The van der Waals surface area contributed by atoms with Crippen molar-refractivity contribution in [3.63, 3.8) is 0 Å². The molecular formula is C21H45N. The number of rotatable bonds is 17. The van der Waals surface area contributed by atoms with Gasteiger partial charge in [-0.05, 0) is 24.8 Å². The highest BCUT2D eigenvalue weighted by atomic mass is 14.6. The van der Waals surface area contributed by atoms with E-state index in [4.69, 9.17) is 5.73 Å². The van der Waals surface area contributed by atoms with E-state index in [0.717, 1.165) is 18.4 Å². The normalized spacial score (nSPS) is 14.2.